The largest absolute Gasteiger partial charge is 0.229 e. The number of hydrogen-bond donors (Lipinski definition) is 3. The molecule has 5 heteroatoms. The molecule has 1 heterocycles. The molecule has 68 valence electrons. The molecule has 1 aromatic carbocycles. The normalized spacial score (nSPS) is 11.1. The molecule has 1 nitrogen and oxygen atoms in total. The van der Waals surface area contributed by atoms with Crippen molar-refractivity contribution in [1.82, 2.24) is 4.98 Å². The van der Waals surface area contributed by atoms with Crippen LogP contribution in [0.15, 0.2) is 20.2 Å². The number of rotatable bonds is 0. The lowest BCUT2D eigenvalue weighted by molar-refractivity contribution is 1.20. The number of nitrogens with zero attached hydrogens (tertiary/aromatic N) is 1. The van der Waals surface area contributed by atoms with Crippen LogP contribution < -0.4 is 0 Å². The maximum Gasteiger partial charge on any atom is 0.148 e. The Kier molecular flexibility index (Phi) is 2.53. The lowest BCUT2D eigenvalue weighted by Gasteiger charge is -2.02. The second-order valence-corrected chi connectivity index (χ2v) is 5.40. The molecule has 0 fully saturated rings. The second-order valence-electron chi connectivity index (χ2n) is 2.71. The van der Waals surface area contributed by atoms with E-state index in [4.69, 9.17) is 0 Å². The van der Waals surface area contributed by atoms with Crippen LogP contribution >= 0.6 is 49.2 Å². The van der Waals surface area contributed by atoms with Gasteiger partial charge in [0.25, 0.3) is 0 Å². The minimum atomic E-state index is 0.767. The van der Waals surface area contributed by atoms with Crippen molar-refractivity contribution in [2.45, 2.75) is 21.1 Å². The first-order valence-electron chi connectivity index (χ1n) is 3.60. The van der Waals surface area contributed by atoms with Crippen LogP contribution in [-0.2, 0) is 0 Å². The van der Waals surface area contributed by atoms with Crippen LogP contribution in [0.5, 0.6) is 0 Å². The van der Waals surface area contributed by atoms with Crippen molar-refractivity contribution in [2.24, 2.45) is 0 Å². The summed E-state index contributed by atoms with van der Waals surface area (Å²) >= 11 is 14.5. The van der Waals surface area contributed by atoms with Crippen LogP contribution in [-0.4, -0.2) is 4.98 Å². The molecule has 0 radical (unpaired) electrons. The Bertz CT molecular complexity index is 474. The molecule has 2 aromatic rings. The van der Waals surface area contributed by atoms with Gasteiger partial charge < -0.3 is 0 Å². The van der Waals surface area contributed by atoms with Crippen LogP contribution in [0.4, 0.5) is 0 Å². The molecule has 0 saturated heterocycles. The molecule has 0 saturated carbocycles. The average Bonchev–Trinajstić information content (AvgIpc) is 2.42. The van der Waals surface area contributed by atoms with Gasteiger partial charge in [0.05, 0.1) is 10.2 Å². The van der Waals surface area contributed by atoms with Gasteiger partial charge in [-0.25, -0.2) is 4.98 Å². The van der Waals surface area contributed by atoms with Crippen LogP contribution in [0.25, 0.3) is 10.2 Å². The highest BCUT2D eigenvalue weighted by atomic mass is 32.2. The third-order valence-corrected chi connectivity index (χ3v) is 4.06. The smallest absolute Gasteiger partial charge is 0.148 e. The molecule has 1 aromatic heterocycles. The SMILES string of the molecule is Cc1c(S)cc2sc(S)nc2c1S. The maximum absolute atomic E-state index is 4.41. The zero-order valence-electron chi connectivity index (χ0n) is 6.77. The standard InChI is InChI=1S/C8H7NS4/c1-3-4(10)2-5-6(7(3)11)9-8(12)13-5/h2,10-11H,1H3,(H,9,12). The molecule has 0 unspecified atom stereocenters. The third kappa shape index (κ3) is 1.58. The van der Waals surface area contributed by atoms with Crippen molar-refractivity contribution < 1.29 is 0 Å². The fraction of sp³-hybridized carbons (Fsp3) is 0.125. The molecule has 0 amide bonds. The zero-order valence-corrected chi connectivity index (χ0v) is 10.3. The van der Waals surface area contributed by atoms with Crippen molar-refractivity contribution in [3.63, 3.8) is 0 Å². The summed E-state index contributed by atoms with van der Waals surface area (Å²) in [5, 5.41) is 0. The fourth-order valence-electron chi connectivity index (χ4n) is 1.12. The zero-order chi connectivity index (χ0) is 9.59. The first-order chi connectivity index (χ1) is 6.09. The molecule has 13 heavy (non-hydrogen) atoms. The molecule has 2 rings (SSSR count). The number of thiazole rings is 1. The predicted molar refractivity (Wildman–Crippen MR) is 66.1 cm³/mol. The van der Waals surface area contributed by atoms with E-state index in [1.807, 2.05) is 13.0 Å². The molecule has 0 aliphatic carbocycles. The van der Waals surface area contributed by atoms with E-state index in [0.717, 1.165) is 29.9 Å². The van der Waals surface area contributed by atoms with Crippen LogP contribution in [0.2, 0.25) is 0 Å². The van der Waals surface area contributed by atoms with E-state index < -0.39 is 0 Å². The van der Waals surface area contributed by atoms with E-state index >= 15 is 0 Å². The Morgan fingerprint density at radius 3 is 2.69 bits per heavy atom. The predicted octanol–water partition coefficient (Wildman–Crippen LogP) is 3.47. The maximum atomic E-state index is 4.41. The van der Waals surface area contributed by atoms with Crippen molar-refractivity contribution in [1.29, 1.82) is 0 Å². The van der Waals surface area contributed by atoms with Crippen molar-refractivity contribution >= 4 is 59.4 Å². The summed E-state index contributed by atoms with van der Waals surface area (Å²) in [6.45, 7) is 1.99. The van der Waals surface area contributed by atoms with Gasteiger partial charge in [-0.1, -0.05) is 0 Å². The van der Waals surface area contributed by atoms with Gasteiger partial charge in [-0.2, -0.15) is 0 Å². The summed E-state index contributed by atoms with van der Waals surface area (Å²) in [6.07, 6.45) is 0. The van der Waals surface area contributed by atoms with Gasteiger partial charge in [0.15, 0.2) is 0 Å². The Morgan fingerprint density at radius 1 is 1.31 bits per heavy atom. The molecule has 0 aliphatic heterocycles. The van der Waals surface area contributed by atoms with Crippen molar-refractivity contribution in [2.75, 3.05) is 0 Å². The fourth-order valence-corrected chi connectivity index (χ4v) is 3.05. The van der Waals surface area contributed by atoms with Crippen LogP contribution in [0, 0.1) is 6.92 Å². The van der Waals surface area contributed by atoms with E-state index in [0.29, 0.717) is 0 Å². The molecule has 0 atom stereocenters. The monoisotopic (exact) mass is 245 g/mol. The van der Waals surface area contributed by atoms with Gasteiger partial charge >= 0.3 is 0 Å². The minimum absolute atomic E-state index is 0.767. The van der Waals surface area contributed by atoms with E-state index in [9.17, 15) is 0 Å². The highest BCUT2D eigenvalue weighted by molar-refractivity contribution is 7.83. The summed E-state index contributed by atoms with van der Waals surface area (Å²) in [5.41, 5.74) is 1.99. The minimum Gasteiger partial charge on any atom is -0.229 e. The number of hydrogen-bond acceptors (Lipinski definition) is 5. The van der Waals surface area contributed by atoms with Crippen LogP contribution in [0.1, 0.15) is 5.56 Å². The summed E-state index contributed by atoms with van der Waals surface area (Å²) < 4.78 is 1.86. The topological polar surface area (TPSA) is 12.9 Å². The number of fused-ring (bicyclic) bond motifs is 1. The molecular weight excluding hydrogens is 238 g/mol. The summed E-state index contributed by atoms with van der Waals surface area (Å²) in [6, 6.07) is 2.00. The first kappa shape index (κ1) is 9.71. The molecular formula is C8H7NS4. The van der Waals surface area contributed by atoms with Crippen LogP contribution in [0.3, 0.4) is 0 Å². The highest BCUT2D eigenvalue weighted by Gasteiger charge is 2.09. The lowest BCUT2D eigenvalue weighted by Crippen LogP contribution is -1.81. The average molecular weight is 245 g/mol. The Labute approximate surface area is 96.8 Å². The molecule has 0 bridgehead atoms. The Morgan fingerprint density at radius 2 is 2.00 bits per heavy atom. The second kappa shape index (κ2) is 3.38. The Hall–Kier alpha value is 0.160. The van der Waals surface area contributed by atoms with Crippen molar-refractivity contribution in [3.8, 4) is 0 Å². The van der Waals surface area contributed by atoms with Gasteiger partial charge in [0.2, 0.25) is 0 Å². The first-order valence-corrected chi connectivity index (χ1v) is 5.76. The number of aromatic nitrogens is 1. The third-order valence-electron chi connectivity index (χ3n) is 1.87. The van der Waals surface area contributed by atoms with E-state index in [1.54, 1.807) is 11.3 Å². The van der Waals surface area contributed by atoms with E-state index in [2.05, 4.69) is 42.9 Å². The van der Waals surface area contributed by atoms with Crippen molar-refractivity contribution in [3.05, 3.63) is 11.6 Å². The lowest BCUT2D eigenvalue weighted by atomic mass is 10.2. The van der Waals surface area contributed by atoms with Gasteiger partial charge in [-0.05, 0) is 18.6 Å². The quantitative estimate of drug-likeness (QED) is 0.604. The number of thiol groups is 3. The summed E-state index contributed by atoms with van der Waals surface area (Å²) in [7, 11) is 0. The number of benzene rings is 1. The molecule has 0 spiro atoms. The summed E-state index contributed by atoms with van der Waals surface area (Å²) in [5.74, 6) is 0. The Balaban J connectivity index is 2.92. The van der Waals surface area contributed by atoms with Gasteiger partial charge in [-0.15, -0.1) is 49.2 Å². The van der Waals surface area contributed by atoms with E-state index in [-0.39, 0.29) is 0 Å². The van der Waals surface area contributed by atoms with Gasteiger partial charge in [0, 0.05) is 9.79 Å². The highest BCUT2D eigenvalue weighted by Crippen LogP contribution is 2.34. The summed E-state index contributed by atoms with van der Waals surface area (Å²) in [4.78, 5) is 6.14. The van der Waals surface area contributed by atoms with E-state index in [1.165, 1.54) is 0 Å². The molecule has 0 N–H and O–H groups in total. The van der Waals surface area contributed by atoms with Gasteiger partial charge in [0.1, 0.15) is 4.34 Å². The molecule has 0 aliphatic rings. The van der Waals surface area contributed by atoms with Gasteiger partial charge in [-0.3, -0.25) is 0 Å².